The lowest BCUT2D eigenvalue weighted by molar-refractivity contribution is 0.227. The van der Waals surface area contributed by atoms with Crippen LogP contribution in [0.1, 0.15) is 37.9 Å². The predicted molar refractivity (Wildman–Crippen MR) is 128 cm³/mol. The molecular formula is C24H26Cl2FN5O. The highest BCUT2D eigenvalue weighted by Crippen LogP contribution is 2.55. The predicted octanol–water partition coefficient (Wildman–Crippen LogP) is 5.60. The molecule has 1 aromatic carbocycles. The Bertz CT molecular complexity index is 1200. The lowest BCUT2D eigenvalue weighted by Crippen LogP contribution is -2.29. The molecule has 1 saturated heterocycles. The minimum Gasteiger partial charge on any atom is -0.482 e. The molecule has 0 amide bonds. The molecule has 2 aliphatic rings. The topological polar surface area (TPSA) is 69.2 Å². The number of nitrogen functional groups attached to an aromatic ring is 1. The number of aromatic nitrogens is 3. The Labute approximate surface area is 202 Å². The molecule has 0 bridgehead atoms. The number of hydrogen-bond acceptors (Lipinski definition) is 5. The molecular weight excluding hydrogens is 464 g/mol. The van der Waals surface area contributed by atoms with Gasteiger partial charge in [-0.05, 0) is 63.9 Å². The van der Waals surface area contributed by atoms with Crippen LogP contribution < -0.4 is 10.5 Å². The summed E-state index contributed by atoms with van der Waals surface area (Å²) < 4.78 is 22.0. The number of nitrogens with two attached hydrogens (primary N) is 1. The van der Waals surface area contributed by atoms with Crippen molar-refractivity contribution in [3.05, 3.63) is 58.2 Å². The lowest BCUT2D eigenvalue weighted by atomic mass is 10.1. The van der Waals surface area contributed by atoms with Crippen molar-refractivity contribution in [3.63, 3.8) is 0 Å². The number of benzene rings is 1. The Hall–Kier alpha value is -2.35. The van der Waals surface area contributed by atoms with E-state index in [1.54, 1.807) is 13.1 Å². The van der Waals surface area contributed by atoms with E-state index in [9.17, 15) is 4.39 Å². The van der Waals surface area contributed by atoms with E-state index in [0.29, 0.717) is 27.8 Å². The van der Waals surface area contributed by atoms with Crippen LogP contribution in [0, 0.1) is 11.7 Å². The number of hydrogen-bond donors (Lipinski definition) is 1. The first-order chi connectivity index (χ1) is 15.8. The second-order valence-electron chi connectivity index (χ2n) is 9.11. The SMILES string of the molecule is C[C@@H](Oc1cc(-c2cnn(CC3CC34CCCN4C)c2)cnc1N)c1c(Cl)ccc(F)c1Cl. The van der Waals surface area contributed by atoms with Crippen LogP contribution in [-0.2, 0) is 6.54 Å². The van der Waals surface area contributed by atoms with Crippen LogP contribution in [0.3, 0.4) is 0 Å². The Balaban J connectivity index is 1.33. The van der Waals surface area contributed by atoms with Gasteiger partial charge >= 0.3 is 0 Å². The van der Waals surface area contributed by atoms with Gasteiger partial charge in [-0.1, -0.05) is 23.2 Å². The molecule has 3 heterocycles. The standard InChI is InChI=1S/C24H26Cl2FN5O/c1-14(21-18(25)4-5-19(27)22(21)26)33-20-8-15(10-29-23(20)28)16-11-30-32(12-16)13-17-9-24(17)6-3-7-31(24)2/h4-5,8,10-12,14,17H,3,6-7,9,13H2,1-2H3,(H2,28,29)/t14-,17?,24?/m1/s1. The molecule has 3 atom stereocenters. The molecule has 5 rings (SSSR count). The van der Waals surface area contributed by atoms with Crippen molar-refractivity contribution in [3.8, 4) is 16.9 Å². The normalized spacial score (nSPS) is 23.2. The smallest absolute Gasteiger partial charge is 0.166 e. The van der Waals surface area contributed by atoms with Crippen molar-refractivity contribution in [2.75, 3.05) is 19.3 Å². The molecule has 9 heteroatoms. The highest BCUT2D eigenvalue weighted by atomic mass is 35.5. The zero-order valence-corrected chi connectivity index (χ0v) is 20.1. The number of anilines is 1. The van der Waals surface area contributed by atoms with Crippen molar-refractivity contribution in [1.82, 2.24) is 19.7 Å². The molecule has 6 nitrogen and oxygen atoms in total. The average molecular weight is 490 g/mol. The quantitative estimate of drug-likeness (QED) is 0.456. The minimum atomic E-state index is -0.628. The van der Waals surface area contributed by atoms with Crippen LogP contribution in [0.25, 0.3) is 11.1 Å². The highest BCUT2D eigenvalue weighted by molar-refractivity contribution is 6.36. The molecule has 1 aliphatic heterocycles. The maximum atomic E-state index is 13.9. The third-order valence-electron chi connectivity index (χ3n) is 7.11. The number of pyridine rings is 1. The molecule has 2 N–H and O–H groups in total. The summed E-state index contributed by atoms with van der Waals surface area (Å²) in [6.07, 6.45) is 8.72. The van der Waals surface area contributed by atoms with Gasteiger partial charge in [0.2, 0.25) is 0 Å². The first-order valence-corrected chi connectivity index (χ1v) is 11.8. The van der Waals surface area contributed by atoms with E-state index in [0.717, 1.165) is 17.7 Å². The van der Waals surface area contributed by atoms with Crippen molar-refractivity contribution >= 4 is 29.0 Å². The van der Waals surface area contributed by atoms with Gasteiger partial charge in [0.1, 0.15) is 11.9 Å². The van der Waals surface area contributed by atoms with Gasteiger partial charge in [0, 0.05) is 46.2 Å². The molecule has 1 spiro atoms. The number of nitrogens with zero attached hydrogens (tertiary/aromatic N) is 4. The second-order valence-corrected chi connectivity index (χ2v) is 9.89. The summed E-state index contributed by atoms with van der Waals surface area (Å²) in [5, 5.41) is 4.83. The van der Waals surface area contributed by atoms with Crippen molar-refractivity contribution in [2.45, 2.75) is 44.4 Å². The molecule has 0 radical (unpaired) electrons. The monoisotopic (exact) mass is 489 g/mol. The van der Waals surface area contributed by atoms with Gasteiger partial charge in [0.25, 0.3) is 0 Å². The maximum absolute atomic E-state index is 13.9. The molecule has 1 saturated carbocycles. The molecule has 1 aliphatic carbocycles. The molecule has 174 valence electrons. The summed E-state index contributed by atoms with van der Waals surface area (Å²) in [4.78, 5) is 6.79. The van der Waals surface area contributed by atoms with Gasteiger partial charge in [0.15, 0.2) is 11.6 Å². The van der Waals surface area contributed by atoms with Crippen LogP contribution in [0.15, 0.2) is 36.8 Å². The van der Waals surface area contributed by atoms with Gasteiger partial charge in [0.05, 0.1) is 11.2 Å². The van der Waals surface area contributed by atoms with Crippen LogP contribution >= 0.6 is 23.2 Å². The fraction of sp³-hybridized carbons (Fsp3) is 0.417. The maximum Gasteiger partial charge on any atom is 0.166 e. The van der Waals surface area contributed by atoms with E-state index in [1.165, 1.54) is 37.9 Å². The van der Waals surface area contributed by atoms with Gasteiger partial charge in [-0.25, -0.2) is 9.37 Å². The zero-order chi connectivity index (χ0) is 23.3. The summed E-state index contributed by atoms with van der Waals surface area (Å²) in [7, 11) is 2.23. The third-order valence-corrected chi connectivity index (χ3v) is 7.82. The molecule has 2 fully saturated rings. The Kier molecular flexibility index (Phi) is 5.75. The number of halogens is 3. The zero-order valence-electron chi connectivity index (χ0n) is 18.6. The average Bonchev–Trinajstić information content (AvgIpc) is 3.07. The Morgan fingerprint density at radius 3 is 2.88 bits per heavy atom. The number of likely N-dealkylation sites (tertiary alicyclic amines) is 1. The van der Waals surface area contributed by atoms with E-state index >= 15 is 0 Å². The summed E-state index contributed by atoms with van der Waals surface area (Å²) in [5.41, 5.74) is 8.56. The van der Waals surface area contributed by atoms with E-state index in [2.05, 4.69) is 22.0 Å². The Morgan fingerprint density at radius 1 is 1.30 bits per heavy atom. The van der Waals surface area contributed by atoms with Crippen molar-refractivity contribution in [2.24, 2.45) is 5.92 Å². The molecule has 3 aromatic rings. The van der Waals surface area contributed by atoms with Gasteiger partial charge in [-0.3, -0.25) is 4.68 Å². The molecule has 2 unspecified atom stereocenters. The first-order valence-electron chi connectivity index (χ1n) is 11.1. The fourth-order valence-corrected chi connectivity index (χ4v) is 5.80. The van der Waals surface area contributed by atoms with Crippen LogP contribution in [-0.4, -0.2) is 38.8 Å². The van der Waals surface area contributed by atoms with Crippen LogP contribution in [0.2, 0.25) is 10.0 Å². The summed E-state index contributed by atoms with van der Waals surface area (Å²) in [6, 6.07) is 4.49. The summed E-state index contributed by atoms with van der Waals surface area (Å²) >= 11 is 12.4. The lowest BCUT2D eigenvalue weighted by Gasteiger charge is -2.20. The molecule has 33 heavy (non-hydrogen) atoms. The summed E-state index contributed by atoms with van der Waals surface area (Å²) in [5.74, 6) is 0.687. The van der Waals surface area contributed by atoms with Crippen molar-refractivity contribution in [1.29, 1.82) is 0 Å². The van der Waals surface area contributed by atoms with E-state index in [4.69, 9.17) is 33.7 Å². The van der Waals surface area contributed by atoms with Gasteiger partial charge in [-0.15, -0.1) is 0 Å². The fourth-order valence-electron chi connectivity index (χ4n) is 5.12. The third kappa shape index (κ3) is 4.07. The van der Waals surface area contributed by atoms with Crippen LogP contribution in [0.4, 0.5) is 10.2 Å². The van der Waals surface area contributed by atoms with E-state index in [-0.39, 0.29) is 10.8 Å². The van der Waals surface area contributed by atoms with E-state index < -0.39 is 11.9 Å². The number of ether oxygens (including phenoxy) is 1. The Morgan fingerprint density at radius 2 is 2.12 bits per heavy atom. The van der Waals surface area contributed by atoms with E-state index in [1.807, 2.05) is 23.1 Å². The van der Waals surface area contributed by atoms with Crippen molar-refractivity contribution < 1.29 is 9.13 Å². The summed E-state index contributed by atoms with van der Waals surface area (Å²) in [6.45, 7) is 3.83. The highest BCUT2D eigenvalue weighted by Gasteiger charge is 2.58. The van der Waals surface area contributed by atoms with Crippen LogP contribution in [0.5, 0.6) is 5.75 Å². The largest absolute Gasteiger partial charge is 0.482 e. The minimum absolute atomic E-state index is 0.0651. The van der Waals surface area contributed by atoms with Gasteiger partial charge in [-0.2, -0.15) is 5.10 Å². The second kappa shape index (κ2) is 8.46. The molecule has 2 aromatic heterocycles. The van der Waals surface area contributed by atoms with Gasteiger partial charge < -0.3 is 15.4 Å². The first kappa shape index (κ1) is 22.4. The number of rotatable bonds is 6.